The minimum Gasteiger partial charge on any atom is -0.492 e. The lowest BCUT2D eigenvalue weighted by Gasteiger charge is -2.15. The Morgan fingerprint density at radius 1 is 1.16 bits per heavy atom. The van der Waals surface area contributed by atoms with Crippen LogP contribution in [0.25, 0.3) is 0 Å². The average molecular weight is 405 g/mol. The Morgan fingerprint density at radius 2 is 1.84 bits per heavy atom. The van der Waals surface area contributed by atoms with Crippen LogP contribution in [0.5, 0.6) is 5.75 Å². The first-order valence-corrected chi connectivity index (χ1v) is 8.79. The van der Waals surface area contributed by atoms with Crippen molar-refractivity contribution in [3.05, 3.63) is 52.5 Å². The quantitative estimate of drug-likeness (QED) is 0.772. The number of rotatable bonds is 6. The van der Waals surface area contributed by atoms with E-state index in [1.165, 1.54) is 11.8 Å². The summed E-state index contributed by atoms with van der Waals surface area (Å²) >= 11 is 3.43. The van der Waals surface area contributed by atoms with Crippen molar-refractivity contribution >= 4 is 39.1 Å². The van der Waals surface area contributed by atoms with Gasteiger partial charge in [0, 0.05) is 30.9 Å². The third kappa shape index (κ3) is 5.06. The Morgan fingerprint density at radius 3 is 2.40 bits per heavy atom. The van der Waals surface area contributed by atoms with Crippen molar-refractivity contribution in [1.29, 1.82) is 0 Å². The number of hydrogen-bond acceptors (Lipinski definition) is 3. The number of anilines is 2. The zero-order valence-corrected chi connectivity index (χ0v) is 16.1. The summed E-state index contributed by atoms with van der Waals surface area (Å²) in [4.78, 5) is 25.3. The van der Waals surface area contributed by atoms with Crippen LogP contribution in [0.2, 0.25) is 0 Å². The first kappa shape index (κ1) is 19.0. The van der Waals surface area contributed by atoms with Crippen molar-refractivity contribution < 1.29 is 14.3 Å². The summed E-state index contributed by atoms with van der Waals surface area (Å²) in [6, 6.07) is 12.3. The predicted molar refractivity (Wildman–Crippen MR) is 103 cm³/mol. The molecule has 25 heavy (non-hydrogen) atoms. The molecule has 0 saturated carbocycles. The zero-order valence-electron chi connectivity index (χ0n) is 14.5. The summed E-state index contributed by atoms with van der Waals surface area (Å²) in [6.07, 6.45) is 0.920. The van der Waals surface area contributed by atoms with Crippen molar-refractivity contribution in [2.75, 3.05) is 23.9 Å². The number of carbonyl (C=O) groups is 2. The van der Waals surface area contributed by atoms with Gasteiger partial charge in [0.15, 0.2) is 0 Å². The highest BCUT2D eigenvalue weighted by Gasteiger charge is 2.10. The fraction of sp³-hybridized carbons (Fsp3) is 0.263. The van der Waals surface area contributed by atoms with Crippen molar-refractivity contribution in [2.45, 2.75) is 20.3 Å². The summed E-state index contributed by atoms with van der Waals surface area (Å²) < 4.78 is 6.33. The molecule has 0 unspecified atom stereocenters. The molecule has 0 bridgehead atoms. The highest BCUT2D eigenvalue weighted by atomic mass is 79.9. The Hall–Kier alpha value is -2.34. The minimum absolute atomic E-state index is 0.0491. The molecule has 0 aromatic heterocycles. The van der Waals surface area contributed by atoms with Crippen LogP contribution in [-0.2, 0) is 4.79 Å². The Kier molecular flexibility index (Phi) is 6.58. The van der Waals surface area contributed by atoms with Gasteiger partial charge in [0.25, 0.3) is 5.91 Å². The number of nitrogens with zero attached hydrogens (tertiary/aromatic N) is 1. The van der Waals surface area contributed by atoms with Gasteiger partial charge in [-0.3, -0.25) is 9.59 Å². The van der Waals surface area contributed by atoms with E-state index >= 15 is 0 Å². The molecule has 2 aromatic carbocycles. The molecule has 0 fully saturated rings. The summed E-state index contributed by atoms with van der Waals surface area (Å²) in [5, 5.41) is 2.84. The molecule has 0 spiro atoms. The smallest absolute Gasteiger partial charge is 0.255 e. The van der Waals surface area contributed by atoms with E-state index in [-0.39, 0.29) is 11.8 Å². The van der Waals surface area contributed by atoms with Gasteiger partial charge in [-0.1, -0.05) is 6.92 Å². The second kappa shape index (κ2) is 8.67. The first-order valence-electron chi connectivity index (χ1n) is 8.00. The summed E-state index contributed by atoms with van der Waals surface area (Å²) in [5.41, 5.74) is 1.96. The molecule has 0 heterocycles. The van der Waals surface area contributed by atoms with Crippen LogP contribution < -0.4 is 15.0 Å². The summed E-state index contributed by atoms with van der Waals surface area (Å²) in [6.45, 7) is 4.17. The van der Waals surface area contributed by atoms with Gasteiger partial charge in [-0.05, 0) is 64.8 Å². The zero-order chi connectivity index (χ0) is 18.4. The van der Waals surface area contributed by atoms with E-state index in [2.05, 4.69) is 21.2 Å². The molecule has 0 aliphatic heterocycles. The molecular formula is C19H21BrN2O3. The number of nitrogens with one attached hydrogen (secondary N) is 1. The van der Waals surface area contributed by atoms with Crippen molar-refractivity contribution in [1.82, 2.24) is 0 Å². The fourth-order valence-electron chi connectivity index (χ4n) is 2.12. The lowest BCUT2D eigenvalue weighted by Crippen LogP contribution is -2.22. The van der Waals surface area contributed by atoms with Crippen LogP contribution in [0.15, 0.2) is 46.9 Å². The van der Waals surface area contributed by atoms with Gasteiger partial charge in [-0.2, -0.15) is 0 Å². The Balaban J connectivity index is 2.06. The second-order valence-electron chi connectivity index (χ2n) is 5.57. The van der Waals surface area contributed by atoms with Crippen LogP contribution >= 0.6 is 15.9 Å². The number of halogens is 1. The van der Waals surface area contributed by atoms with Crippen molar-refractivity contribution in [3.8, 4) is 5.75 Å². The predicted octanol–water partition coefficient (Wildman–Crippen LogP) is 4.47. The van der Waals surface area contributed by atoms with E-state index in [1.54, 1.807) is 49.5 Å². The molecule has 0 saturated heterocycles. The van der Waals surface area contributed by atoms with E-state index in [9.17, 15) is 9.59 Å². The Bertz CT molecular complexity index is 760. The molecule has 6 heteroatoms. The standard InChI is InChI=1S/C19H21BrN2O3/c1-4-11-25-18-10-5-14(12-17(18)20)19(24)21-15-6-8-16(9-7-15)22(3)13(2)23/h5-10,12H,4,11H2,1-3H3,(H,21,24). The van der Waals surface area contributed by atoms with E-state index < -0.39 is 0 Å². The topological polar surface area (TPSA) is 58.6 Å². The maximum absolute atomic E-state index is 12.4. The van der Waals surface area contributed by atoms with Gasteiger partial charge < -0.3 is 15.0 Å². The molecule has 0 aliphatic rings. The average Bonchev–Trinajstić information content (AvgIpc) is 2.60. The third-order valence-corrected chi connectivity index (χ3v) is 4.26. The van der Waals surface area contributed by atoms with Crippen LogP contribution in [0.3, 0.4) is 0 Å². The van der Waals surface area contributed by atoms with Crippen LogP contribution in [0.1, 0.15) is 30.6 Å². The number of hydrogen-bond donors (Lipinski definition) is 1. The van der Waals surface area contributed by atoms with Crippen LogP contribution in [-0.4, -0.2) is 25.5 Å². The van der Waals surface area contributed by atoms with Crippen LogP contribution in [0, 0.1) is 0 Å². The number of ether oxygens (including phenoxy) is 1. The van der Waals surface area contributed by atoms with Gasteiger partial charge >= 0.3 is 0 Å². The van der Waals surface area contributed by atoms with E-state index in [0.29, 0.717) is 17.9 Å². The highest BCUT2D eigenvalue weighted by molar-refractivity contribution is 9.10. The normalized spacial score (nSPS) is 10.2. The maximum atomic E-state index is 12.4. The van der Waals surface area contributed by atoms with Gasteiger partial charge in [-0.25, -0.2) is 0 Å². The fourth-order valence-corrected chi connectivity index (χ4v) is 2.62. The molecule has 5 nitrogen and oxygen atoms in total. The highest BCUT2D eigenvalue weighted by Crippen LogP contribution is 2.26. The molecular weight excluding hydrogens is 384 g/mol. The molecule has 0 atom stereocenters. The van der Waals surface area contributed by atoms with Gasteiger partial charge in [0.1, 0.15) is 5.75 Å². The molecule has 1 N–H and O–H groups in total. The molecule has 2 rings (SSSR count). The molecule has 0 radical (unpaired) electrons. The van der Waals surface area contributed by atoms with Gasteiger partial charge in [0.2, 0.25) is 5.91 Å². The van der Waals surface area contributed by atoms with E-state index in [0.717, 1.165) is 22.3 Å². The van der Waals surface area contributed by atoms with Crippen LogP contribution in [0.4, 0.5) is 11.4 Å². The minimum atomic E-state index is -0.213. The molecule has 2 amide bonds. The van der Waals surface area contributed by atoms with Gasteiger partial charge in [-0.15, -0.1) is 0 Å². The Labute approximate surface area is 156 Å². The largest absolute Gasteiger partial charge is 0.492 e. The molecule has 0 aliphatic carbocycles. The third-order valence-electron chi connectivity index (χ3n) is 3.64. The van der Waals surface area contributed by atoms with Crippen molar-refractivity contribution in [3.63, 3.8) is 0 Å². The van der Waals surface area contributed by atoms with E-state index in [1.807, 2.05) is 6.92 Å². The monoisotopic (exact) mass is 404 g/mol. The number of carbonyl (C=O) groups excluding carboxylic acids is 2. The molecule has 2 aromatic rings. The van der Waals surface area contributed by atoms with Gasteiger partial charge in [0.05, 0.1) is 11.1 Å². The number of amides is 2. The van der Waals surface area contributed by atoms with E-state index in [4.69, 9.17) is 4.74 Å². The summed E-state index contributed by atoms with van der Waals surface area (Å²) in [7, 11) is 1.70. The lowest BCUT2D eigenvalue weighted by atomic mass is 10.2. The molecule has 132 valence electrons. The second-order valence-corrected chi connectivity index (χ2v) is 6.43. The lowest BCUT2D eigenvalue weighted by molar-refractivity contribution is -0.116. The SMILES string of the molecule is CCCOc1ccc(C(=O)Nc2ccc(N(C)C(C)=O)cc2)cc1Br. The summed E-state index contributed by atoms with van der Waals surface area (Å²) in [5.74, 6) is 0.456. The number of benzene rings is 2. The van der Waals surface area contributed by atoms with Crippen molar-refractivity contribution in [2.24, 2.45) is 0 Å². The maximum Gasteiger partial charge on any atom is 0.255 e. The first-order chi connectivity index (χ1) is 11.9.